The lowest BCUT2D eigenvalue weighted by molar-refractivity contribution is 0.0896. The molecule has 0 saturated carbocycles. The lowest BCUT2D eigenvalue weighted by Gasteiger charge is -2.31. The van der Waals surface area contributed by atoms with E-state index in [9.17, 15) is 13.2 Å². The number of hydrogen-bond donors (Lipinski definition) is 1. The van der Waals surface area contributed by atoms with Gasteiger partial charge in [-0.05, 0) is 43.5 Å². The van der Waals surface area contributed by atoms with Crippen molar-refractivity contribution in [1.82, 2.24) is 14.6 Å². The molecule has 1 amide bonds. The Labute approximate surface area is 173 Å². The Kier molecular flexibility index (Phi) is 5.71. The molecule has 0 aliphatic carbocycles. The normalized spacial score (nSPS) is 16.3. The van der Waals surface area contributed by atoms with E-state index in [1.165, 1.54) is 15.6 Å². The predicted molar refractivity (Wildman–Crippen MR) is 113 cm³/mol. The molecule has 154 valence electrons. The van der Waals surface area contributed by atoms with Gasteiger partial charge in [0.25, 0.3) is 5.91 Å². The largest absolute Gasteiger partial charge is 0.448 e. The van der Waals surface area contributed by atoms with Crippen molar-refractivity contribution in [1.29, 1.82) is 0 Å². The molecule has 2 aromatic heterocycles. The van der Waals surface area contributed by atoms with Crippen LogP contribution in [0.3, 0.4) is 0 Å². The van der Waals surface area contributed by atoms with Gasteiger partial charge in [0.05, 0.1) is 16.0 Å². The third kappa shape index (κ3) is 4.36. The van der Waals surface area contributed by atoms with Crippen LogP contribution >= 0.6 is 11.3 Å². The number of benzene rings is 1. The van der Waals surface area contributed by atoms with Crippen LogP contribution in [0.4, 0.5) is 0 Å². The van der Waals surface area contributed by atoms with E-state index in [0.29, 0.717) is 38.1 Å². The number of aromatic nitrogens is 1. The standard InChI is InChI=1S/C20H23N3O4S2/c1-2-13-29(25,26)23-11-9-14(10-12-23)21-19(24)16-7-8-17(27-16)20-22-15-5-3-4-6-18(15)28-20/h3-8,14H,2,9-13H2,1H3,(H,21,24). The zero-order chi connectivity index (χ0) is 20.4. The Morgan fingerprint density at radius 2 is 2.00 bits per heavy atom. The van der Waals surface area contributed by atoms with E-state index in [0.717, 1.165) is 15.2 Å². The summed E-state index contributed by atoms with van der Waals surface area (Å²) in [6.45, 7) is 2.72. The van der Waals surface area contributed by atoms with Crippen LogP contribution in [0.2, 0.25) is 0 Å². The smallest absolute Gasteiger partial charge is 0.287 e. The number of nitrogens with zero attached hydrogens (tertiary/aromatic N) is 2. The van der Waals surface area contributed by atoms with Crippen molar-refractivity contribution < 1.29 is 17.6 Å². The highest BCUT2D eigenvalue weighted by molar-refractivity contribution is 7.89. The molecule has 1 N–H and O–H groups in total. The average Bonchev–Trinajstić information content (AvgIpc) is 3.35. The second kappa shape index (κ2) is 8.25. The summed E-state index contributed by atoms with van der Waals surface area (Å²) in [7, 11) is -3.18. The van der Waals surface area contributed by atoms with E-state index < -0.39 is 10.0 Å². The van der Waals surface area contributed by atoms with Crippen LogP contribution in [0.15, 0.2) is 40.8 Å². The van der Waals surface area contributed by atoms with Crippen LogP contribution in [-0.4, -0.2) is 48.5 Å². The van der Waals surface area contributed by atoms with Gasteiger partial charge < -0.3 is 9.73 Å². The SMILES string of the molecule is CCCS(=O)(=O)N1CCC(NC(=O)c2ccc(-c3nc4ccccc4s3)o2)CC1. The molecule has 0 radical (unpaired) electrons. The topological polar surface area (TPSA) is 92.5 Å². The van der Waals surface area contributed by atoms with Gasteiger partial charge in [0.15, 0.2) is 16.5 Å². The minimum Gasteiger partial charge on any atom is -0.448 e. The Morgan fingerprint density at radius 3 is 2.72 bits per heavy atom. The number of piperidine rings is 1. The number of nitrogens with one attached hydrogen (secondary N) is 1. The second-order valence-corrected chi connectivity index (χ2v) is 10.2. The third-order valence-corrected chi connectivity index (χ3v) is 8.11. The lowest BCUT2D eigenvalue weighted by atomic mass is 10.1. The van der Waals surface area contributed by atoms with Crippen LogP contribution in [0.25, 0.3) is 21.0 Å². The quantitative estimate of drug-likeness (QED) is 0.642. The molecule has 1 aliphatic heterocycles. The Morgan fingerprint density at radius 1 is 1.24 bits per heavy atom. The van der Waals surface area contributed by atoms with Gasteiger partial charge >= 0.3 is 0 Å². The first-order valence-electron chi connectivity index (χ1n) is 9.71. The van der Waals surface area contributed by atoms with Crippen molar-refractivity contribution in [3.05, 3.63) is 42.2 Å². The predicted octanol–water partition coefficient (Wildman–Crippen LogP) is 3.49. The maximum absolute atomic E-state index is 12.6. The first-order chi connectivity index (χ1) is 14.0. The highest BCUT2D eigenvalue weighted by Gasteiger charge is 2.28. The highest BCUT2D eigenvalue weighted by atomic mass is 32.2. The van der Waals surface area contributed by atoms with Gasteiger partial charge in [-0.2, -0.15) is 0 Å². The molecule has 1 saturated heterocycles. The molecule has 1 fully saturated rings. The van der Waals surface area contributed by atoms with Gasteiger partial charge in [-0.3, -0.25) is 4.79 Å². The lowest BCUT2D eigenvalue weighted by Crippen LogP contribution is -2.47. The van der Waals surface area contributed by atoms with E-state index in [-0.39, 0.29) is 23.5 Å². The number of rotatable bonds is 6. The van der Waals surface area contributed by atoms with Crippen molar-refractivity contribution in [3.63, 3.8) is 0 Å². The fourth-order valence-electron chi connectivity index (χ4n) is 3.47. The number of amides is 1. The number of hydrogen-bond acceptors (Lipinski definition) is 6. The fraction of sp³-hybridized carbons (Fsp3) is 0.400. The number of furan rings is 1. The van der Waals surface area contributed by atoms with Gasteiger partial charge in [0.2, 0.25) is 10.0 Å². The molecule has 4 rings (SSSR count). The maximum atomic E-state index is 12.6. The molecule has 7 nitrogen and oxygen atoms in total. The van der Waals surface area contributed by atoms with Crippen molar-refractivity contribution in [2.24, 2.45) is 0 Å². The van der Waals surface area contributed by atoms with Gasteiger partial charge in [-0.15, -0.1) is 11.3 Å². The van der Waals surface area contributed by atoms with E-state index in [4.69, 9.17) is 4.42 Å². The zero-order valence-electron chi connectivity index (χ0n) is 16.1. The summed E-state index contributed by atoms with van der Waals surface area (Å²) in [6, 6.07) is 11.2. The van der Waals surface area contributed by atoms with Crippen LogP contribution < -0.4 is 5.32 Å². The molecule has 0 bridgehead atoms. The number of para-hydroxylation sites is 1. The molecule has 1 aliphatic rings. The molecule has 9 heteroatoms. The number of carbonyl (C=O) groups excluding carboxylic acids is 1. The molecule has 3 heterocycles. The summed E-state index contributed by atoms with van der Waals surface area (Å²) in [5, 5.41) is 3.70. The van der Waals surface area contributed by atoms with Crippen LogP contribution in [-0.2, 0) is 10.0 Å². The molecule has 0 atom stereocenters. The van der Waals surface area contributed by atoms with Crippen molar-refractivity contribution >= 4 is 37.5 Å². The highest BCUT2D eigenvalue weighted by Crippen LogP contribution is 2.31. The summed E-state index contributed by atoms with van der Waals surface area (Å²) in [6.07, 6.45) is 1.80. The molecule has 0 spiro atoms. The van der Waals surface area contributed by atoms with Gasteiger partial charge in [0, 0.05) is 19.1 Å². The third-order valence-electron chi connectivity index (χ3n) is 4.98. The van der Waals surface area contributed by atoms with E-state index in [1.807, 2.05) is 31.2 Å². The Hall–Kier alpha value is -2.23. The maximum Gasteiger partial charge on any atom is 0.287 e. The van der Waals surface area contributed by atoms with Crippen LogP contribution in [0, 0.1) is 0 Å². The van der Waals surface area contributed by atoms with Crippen molar-refractivity contribution in [2.45, 2.75) is 32.2 Å². The van der Waals surface area contributed by atoms with E-state index in [2.05, 4.69) is 10.3 Å². The number of fused-ring (bicyclic) bond motifs is 1. The first-order valence-corrected chi connectivity index (χ1v) is 12.1. The number of sulfonamides is 1. The Bertz CT molecular complexity index is 1080. The van der Waals surface area contributed by atoms with E-state index >= 15 is 0 Å². The molecular formula is C20H23N3O4S2. The summed E-state index contributed by atoms with van der Waals surface area (Å²) in [5.41, 5.74) is 0.902. The van der Waals surface area contributed by atoms with Crippen molar-refractivity contribution in [2.75, 3.05) is 18.8 Å². The first kappa shape index (κ1) is 20.1. The second-order valence-electron chi connectivity index (χ2n) is 7.11. The monoisotopic (exact) mass is 433 g/mol. The summed E-state index contributed by atoms with van der Waals surface area (Å²) < 4.78 is 32.6. The summed E-state index contributed by atoms with van der Waals surface area (Å²) in [4.78, 5) is 17.1. The molecule has 29 heavy (non-hydrogen) atoms. The molecule has 1 aromatic carbocycles. The zero-order valence-corrected chi connectivity index (χ0v) is 17.8. The molecular weight excluding hydrogens is 410 g/mol. The fourth-order valence-corrected chi connectivity index (χ4v) is 5.94. The van der Waals surface area contributed by atoms with Gasteiger partial charge in [-0.1, -0.05) is 19.1 Å². The minimum atomic E-state index is -3.18. The van der Waals surface area contributed by atoms with Gasteiger partial charge in [-0.25, -0.2) is 17.7 Å². The Balaban J connectivity index is 1.38. The number of thiazole rings is 1. The van der Waals surface area contributed by atoms with Crippen molar-refractivity contribution in [3.8, 4) is 10.8 Å². The van der Waals surface area contributed by atoms with Gasteiger partial charge in [0.1, 0.15) is 0 Å². The number of carbonyl (C=O) groups is 1. The summed E-state index contributed by atoms with van der Waals surface area (Å²) >= 11 is 1.52. The van der Waals surface area contributed by atoms with Crippen LogP contribution in [0.1, 0.15) is 36.7 Å². The van der Waals surface area contributed by atoms with E-state index in [1.54, 1.807) is 12.1 Å². The molecule has 0 unspecified atom stereocenters. The summed E-state index contributed by atoms with van der Waals surface area (Å²) in [5.74, 6) is 0.690. The average molecular weight is 434 g/mol. The van der Waals surface area contributed by atoms with Crippen LogP contribution in [0.5, 0.6) is 0 Å². The molecule has 3 aromatic rings. The minimum absolute atomic E-state index is 0.0634.